The summed E-state index contributed by atoms with van der Waals surface area (Å²) in [6, 6.07) is 23.3. The minimum Gasteiger partial charge on any atom is -0.507 e. The topological polar surface area (TPSA) is 80.9 Å². The van der Waals surface area contributed by atoms with Crippen LogP contribution in [0.3, 0.4) is 0 Å². The van der Waals surface area contributed by atoms with Gasteiger partial charge in [-0.25, -0.2) is 0 Å². The van der Waals surface area contributed by atoms with Gasteiger partial charge in [0, 0.05) is 0 Å². The van der Waals surface area contributed by atoms with Crippen LogP contribution < -0.4 is 0 Å². The molecule has 1 aliphatic rings. The lowest BCUT2D eigenvalue weighted by atomic mass is 9.93. The van der Waals surface area contributed by atoms with E-state index in [1.807, 2.05) is 72.8 Å². The van der Waals surface area contributed by atoms with Gasteiger partial charge in [0.25, 0.3) is 0 Å². The van der Waals surface area contributed by atoms with Crippen molar-refractivity contribution in [3.8, 4) is 23.0 Å². The summed E-state index contributed by atoms with van der Waals surface area (Å²) >= 11 is 0. The second-order valence-electron chi connectivity index (χ2n) is 9.70. The summed E-state index contributed by atoms with van der Waals surface area (Å²) in [7, 11) is 0. The monoisotopic (exact) mass is 480 g/mol. The van der Waals surface area contributed by atoms with E-state index >= 15 is 0 Å². The van der Waals surface area contributed by atoms with E-state index in [4.69, 9.17) is 0 Å². The molecule has 0 aromatic heterocycles. The maximum Gasteiger partial charge on any atom is 0.121 e. The van der Waals surface area contributed by atoms with E-state index in [0.29, 0.717) is 74.4 Å². The number of phenolic OH excluding ortho intramolecular Hbond substituents is 4. The lowest BCUT2D eigenvalue weighted by Crippen LogP contribution is -2.01. The third kappa shape index (κ3) is 4.90. The van der Waals surface area contributed by atoms with Crippen LogP contribution in [0.1, 0.15) is 44.5 Å². The number of phenols is 4. The summed E-state index contributed by atoms with van der Waals surface area (Å²) in [5.41, 5.74) is 6.83. The molecule has 0 amide bonds. The van der Waals surface area contributed by atoms with Crippen molar-refractivity contribution >= 4 is 0 Å². The SMILES string of the molecule is Oc1c2cccc1CCc1cccc(c1O)CCc1cccc(c1O)CCc1cccc(c1O)CC2. The average molecular weight is 481 g/mol. The molecular formula is C32H32O4. The highest BCUT2D eigenvalue weighted by atomic mass is 16.3. The smallest absolute Gasteiger partial charge is 0.121 e. The molecule has 4 heteroatoms. The Morgan fingerprint density at radius 3 is 0.556 bits per heavy atom. The number of rotatable bonds is 0. The number of para-hydroxylation sites is 4. The highest BCUT2D eigenvalue weighted by Crippen LogP contribution is 2.32. The molecule has 0 heterocycles. The maximum absolute atomic E-state index is 11.0. The second-order valence-corrected chi connectivity index (χ2v) is 9.70. The molecule has 8 bridgehead atoms. The summed E-state index contributed by atoms with van der Waals surface area (Å²) in [5, 5.41) is 43.8. The molecular weight excluding hydrogens is 448 g/mol. The van der Waals surface area contributed by atoms with Crippen molar-refractivity contribution in [3.63, 3.8) is 0 Å². The van der Waals surface area contributed by atoms with Crippen LogP contribution in [0.25, 0.3) is 0 Å². The van der Waals surface area contributed by atoms with E-state index in [2.05, 4.69) is 0 Å². The minimum atomic E-state index is 0.298. The molecule has 0 atom stereocenters. The quantitative estimate of drug-likeness (QED) is 0.250. The summed E-state index contributed by atoms with van der Waals surface area (Å²) in [5.74, 6) is 1.19. The van der Waals surface area contributed by atoms with E-state index in [0.717, 1.165) is 44.5 Å². The minimum absolute atomic E-state index is 0.298. The molecule has 1 aliphatic carbocycles. The molecule has 0 saturated carbocycles. The van der Waals surface area contributed by atoms with Crippen molar-refractivity contribution in [2.75, 3.05) is 0 Å². The van der Waals surface area contributed by atoms with Crippen LogP contribution in [-0.2, 0) is 51.4 Å². The standard InChI is InChI=1S/C32H32O4/c33-29-21-5-1-6-22(29)14-16-24-8-3-10-26(31(24)35)18-20-28-12-4-11-27(32(28)36)19-17-25-9-2-7-23(15-13-21)30(25)34/h1-12,33-36H,13-20H2. The number of aromatic hydroxyl groups is 4. The van der Waals surface area contributed by atoms with Gasteiger partial charge in [-0.1, -0.05) is 72.8 Å². The Hall–Kier alpha value is -3.92. The van der Waals surface area contributed by atoms with E-state index in [9.17, 15) is 20.4 Å². The van der Waals surface area contributed by atoms with Crippen molar-refractivity contribution in [1.82, 2.24) is 0 Å². The van der Waals surface area contributed by atoms with Gasteiger partial charge in [0.1, 0.15) is 23.0 Å². The van der Waals surface area contributed by atoms with Crippen LogP contribution in [0.4, 0.5) is 0 Å². The third-order valence-corrected chi connectivity index (χ3v) is 7.47. The highest BCUT2D eigenvalue weighted by molar-refractivity contribution is 5.47. The summed E-state index contributed by atoms with van der Waals surface area (Å²) in [4.78, 5) is 0. The molecule has 4 N–H and O–H groups in total. The lowest BCUT2D eigenvalue weighted by Gasteiger charge is -2.15. The molecule has 0 spiro atoms. The lowest BCUT2D eigenvalue weighted by molar-refractivity contribution is 0.450. The molecule has 0 radical (unpaired) electrons. The second kappa shape index (κ2) is 10.4. The first-order valence-corrected chi connectivity index (χ1v) is 12.7. The highest BCUT2D eigenvalue weighted by Gasteiger charge is 2.15. The van der Waals surface area contributed by atoms with Crippen LogP contribution >= 0.6 is 0 Å². The zero-order valence-electron chi connectivity index (χ0n) is 20.4. The Morgan fingerprint density at radius 1 is 0.278 bits per heavy atom. The number of aryl methyl sites for hydroxylation is 8. The summed E-state index contributed by atoms with van der Waals surface area (Å²) in [6.45, 7) is 0. The van der Waals surface area contributed by atoms with Crippen LogP contribution in [-0.4, -0.2) is 20.4 Å². The summed E-state index contributed by atoms with van der Waals surface area (Å²) in [6.07, 6.45) is 4.89. The zero-order chi connectivity index (χ0) is 25.1. The average Bonchev–Trinajstić information content (AvgIpc) is 2.88. The first-order valence-electron chi connectivity index (χ1n) is 12.7. The number of fused-ring (bicyclic) bond motifs is 8. The fourth-order valence-corrected chi connectivity index (χ4v) is 5.27. The number of hydrogen-bond acceptors (Lipinski definition) is 4. The van der Waals surface area contributed by atoms with Gasteiger partial charge < -0.3 is 20.4 Å². The molecule has 4 aromatic carbocycles. The van der Waals surface area contributed by atoms with Crippen molar-refractivity contribution in [2.24, 2.45) is 0 Å². The van der Waals surface area contributed by atoms with Gasteiger partial charge in [-0.15, -0.1) is 0 Å². The predicted octanol–water partition coefficient (Wildman–Crippen LogP) is 5.96. The van der Waals surface area contributed by atoms with Gasteiger partial charge in [0.2, 0.25) is 0 Å². The molecule has 0 saturated heterocycles. The van der Waals surface area contributed by atoms with Crippen molar-refractivity contribution in [3.05, 3.63) is 117 Å². The molecule has 5 rings (SSSR count). The largest absolute Gasteiger partial charge is 0.507 e. The fourth-order valence-electron chi connectivity index (χ4n) is 5.27. The van der Waals surface area contributed by atoms with Crippen LogP contribution in [0, 0.1) is 0 Å². The molecule has 36 heavy (non-hydrogen) atoms. The van der Waals surface area contributed by atoms with E-state index in [-0.39, 0.29) is 0 Å². The number of hydrogen-bond donors (Lipinski definition) is 4. The van der Waals surface area contributed by atoms with Crippen LogP contribution in [0.15, 0.2) is 72.8 Å². The van der Waals surface area contributed by atoms with Gasteiger partial charge in [-0.3, -0.25) is 0 Å². The Bertz CT molecular complexity index is 1090. The maximum atomic E-state index is 11.0. The van der Waals surface area contributed by atoms with Crippen molar-refractivity contribution < 1.29 is 20.4 Å². The predicted molar refractivity (Wildman–Crippen MR) is 142 cm³/mol. The molecule has 0 aliphatic heterocycles. The van der Waals surface area contributed by atoms with E-state index < -0.39 is 0 Å². The first-order chi connectivity index (χ1) is 17.5. The van der Waals surface area contributed by atoms with Crippen molar-refractivity contribution in [1.29, 1.82) is 0 Å². The van der Waals surface area contributed by atoms with Crippen molar-refractivity contribution in [2.45, 2.75) is 51.4 Å². The van der Waals surface area contributed by atoms with Gasteiger partial charge in [-0.2, -0.15) is 0 Å². The zero-order valence-corrected chi connectivity index (χ0v) is 20.4. The molecule has 0 fully saturated rings. The molecule has 4 nitrogen and oxygen atoms in total. The Balaban J connectivity index is 1.52. The fraction of sp³-hybridized carbons (Fsp3) is 0.250. The van der Waals surface area contributed by atoms with Gasteiger partial charge in [-0.05, 0) is 95.9 Å². The van der Waals surface area contributed by atoms with Crippen LogP contribution in [0.2, 0.25) is 0 Å². The normalized spacial score (nSPS) is 14.2. The molecule has 184 valence electrons. The Kier molecular flexibility index (Phi) is 6.86. The first kappa shape index (κ1) is 23.8. The number of benzene rings is 4. The third-order valence-electron chi connectivity index (χ3n) is 7.47. The van der Waals surface area contributed by atoms with Gasteiger partial charge in [0.05, 0.1) is 0 Å². The van der Waals surface area contributed by atoms with E-state index in [1.54, 1.807) is 0 Å². The van der Waals surface area contributed by atoms with Gasteiger partial charge >= 0.3 is 0 Å². The Labute approximate surface area is 212 Å². The van der Waals surface area contributed by atoms with Gasteiger partial charge in [0.15, 0.2) is 0 Å². The van der Waals surface area contributed by atoms with Crippen LogP contribution in [0.5, 0.6) is 23.0 Å². The molecule has 0 unspecified atom stereocenters. The molecule has 4 aromatic rings. The Morgan fingerprint density at radius 2 is 0.417 bits per heavy atom. The van der Waals surface area contributed by atoms with E-state index in [1.165, 1.54) is 0 Å². The summed E-state index contributed by atoms with van der Waals surface area (Å²) < 4.78 is 0.